The number of likely N-dealkylation sites (N-methyl/N-ethyl adjacent to an activating group) is 1. The van der Waals surface area contributed by atoms with Crippen LogP contribution in [0.3, 0.4) is 0 Å². The Labute approximate surface area is 226 Å². The predicted octanol–water partition coefficient (Wildman–Crippen LogP) is 5.75. The molecule has 1 amide bonds. The van der Waals surface area contributed by atoms with Crippen LogP contribution in [-0.2, 0) is 27.9 Å². The normalized spacial score (nSPS) is 14.2. The van der Waals surface area contributed by atoms with Gasteiger partial charge in [-0.1, -0.05) is 96.8 Å². The second-order valence-corrected chi connectivity index (χ2v) is 12.4. The van der Waals surface area contributed by atoms with Gasteiger partial charge in [0.2, 0.25) is 5.91 Å². The van der Waals surface area contributed by atoms with E-state index in [1.54, 1.807) is 0 Å². The van der Waals surface area contributed by atoms with Crippen LogP contribution in [0.15, 0.2) is 0 Å². The first-order valence-electron chi connectivity index (χ1n) is 14.3. The van der Waals surface area contributed by atoms with E-state index < -0.39 is 26.4 Å². The first-order chi connectivity index (χ1) is 17.5. The molecule has 2 atom stereocenters. The molecule has 0 rings (SSSR count). The minimum Gasteiger partial charge on any atom is -0.467 e. The summed E-state index contributed by atoms with van der Waals surface area (Å²) in [4.78, 5) is 34.1. The van der Waals surface area contributed by atoms with Crippen LogP contribution in [0.1, 0.15) is 110 Å². The molecule has 0 saturated heterocycles. The number of nitrogens with one attached hydrogen (secondary N) is 1. The molecule has 0 aliphatic carbocycles. The van der Waals surface area contributed by atoms with E-state index in [0.29, 0.717) is 11.0 Å². The third kappa shape index (κ3) is 23.8. The maximum Gasteiger partial charge on any atom is 0.472 e. The Morgan fingerprint density at radius 3 is 1.70 bits per heavy atom. The number of phosphoric acid groups is 1. The molecule has 0 heterocycles. The summed E-state index contributed by atoms with van der Waals surface area (Å²) in [6, 6.07) is -1.17. The van der Waals surface area contributed by atoms with E-state index in [1.165, 1.54) is 84.2 Å². The summed E-state index contributed by atoms with van der Waals surface area (Å²) in [5.41, 5.74) is 0. The summed E-state index contributed by atoms with van der Waals surface area (Å²) in [5.74, 6) is -1.05. The summed E-state index contributed by atoms with van der Waals surface area (Å²) < 4.78 is 27.2. The number of ether oxygens (including phenoxy) is 1. The number of esters is 1. The fourth-order valence-corrected chi connectivity index (χ4v) is 4.59. The average Bonchev–Trinajstić information content (AvgIpc) is 2.82. The second kappa shape index (κ2) is 21.9. The van der Waals surface area contributed by atoms with Crippen LogP contribution in [-0.4, -0.2) is 75.3 Å². The number of hydrogen-bond acceptors (Lipinski definition) is 6. The molecule has 0 aliphatic heterocycles. The van der Waals surface area contributed by atoms with Gasteiger partial charge in [-0.2, -0.15) is 0 Å². The molecule has 1 unspecified atom stereocenters. The van der Waals surface area contributed by atoms with Gasteiger partial charge in [0.25, 0.3) is 0 Å². The van der Waals surface area contributed by atoms with E-state index in [2.05, 4.69) is 17.0 Å². The molecule has 0 saturated carbocycles. The van der Waals surface area contributed by atoms with Gasteiger partial charge < -0.3 is 19.4 Å². The van der Waals surface area contributed by atoms with Crippen molar-refractivity contribution >= 4 is 19.7 Å². The number of rotatable bonds is 25. The number of nitrogens with zero attached hydrogens (tertiary/aromatic N) is 1. The topological polar surface area (TPSA) is 111 Å². The summed E-state index contributed by atoms with van der Waals surface area (Å²) in [7, 11) is 2.61. The van der Waals surface area contributed by atoms with Crippen LogP contribution >= 0.6 is 7.82 Å². The third-order valence-electron chi connectivity index (χ3n) is 6.25. The fraction of sp³-hybridized carbons (Fsp3) is 0.926. The molecule has 0 aromatic rings. The van der Waals surface area contributed by atoms with Crippen LogP contribution in [0.5, 0.6) is 0 Å². The van der Waals surface area contributed by atoms with Gasteiger partial charge >= 0.3 is 13.8 Å². The monoisotopic (exact) mass is 551 g/mol. The Hall–Kier alpha value is -0.990. The second-order valence-electron chi connectivity index (χ2n) is 11.0. The van der Waals surface area contributed by atoms with E-state index in [1.807, 2.05) is 21.1 Å². The lowest BCUT2D eigenvalue weighted by Gasteiger charge is -2.24. The van der Waals surface area contributed by atoms with E-state index >= 15 is 0 Å². The number of hydrogen-bond donors (Lipinski definition) is 2. The van der Waals surface area contributed by atoms with Gasteiger partial charge in [0.1, 0.15) is 13.2 Å². The molecule has 37 heavy (non-hydrogen) atoms. The van der Waals surface area contributed by atoms with Crippen molar-refractivity contribution in [2.24, 2.45) is 0 Å². The SMILES string of the molecule is CCCCCCCCCCCCCCCCCC(=O)N[C@@H](COP(=O)(O)OCC[N+](C)(C)C)C(=O)OC. The Morgan fingerprint density at radius 2 is 1.27 bits per heavy atom. The molecule has 220 valence electrons. The van der Waals surface area contributed by atoms with Gasteiger partial charge in [-0.3, -0.25) is 13.8 Å². The highest BCUT2D eigenvalue weighted by atomic mass is 31.2. The van der Waals surface area contributed by atoms with Crippen molar-refractivity contribution < 1.29 is 37.3 Å². The lowest BCUT2D eigenvalue weighted by atomic mass is 10.0. The minimum atomic E-state index is -4.35. The molecular weight excluding hydrogens is 495 g/mol. The highest BCUT2D eigenvalue weighted by Gasteiger charge is 2.28. The van der Waals surface area contributed by atoms with Gasteiger partial charge in [0, 0.05) is 6.42 Å². The third-order valence-corrected chi connectivity index (χ3v) is 7.23. The first kappa shape index (κ1) is 36.0. The molecule has 0 radical (unpaired) electrons. The number of methoxy groups -OCH3 is 1. The predicted molar refractivity (Wildman–Crippen MR) is 148 cm³/mol. The summed E-state index contributed by atoms with van der Waals surface area (Å²) in [6.07, 6.45) is 19.0. The Kier molecular flexibility index (Phi) is 21.3. The van der Waals surface area contributed by atoms with Gasteiger partial charge in [-0.15, -0.1) is 0 Å². The quantitative estimate of drug-likeness (QED) is 0.0644. The molecule has 0 aliphatic rings. The first-order valence-corrected chi connectivity index (χ1v) is 15.8. The zero-order valence-corrected chi connectivity index (χ0v) is 25.2. The standard InChI is InChI=1S/C27H55N2O7P/c1-6-7-8-9-10-11-12-13-14-15-16-17-18-19-20-21-26(30)28-25(27(31)34-5)24-36-37(32,33)35-23-22-29(2,3)4/h25H,6-24H2,1-5H3,(H-,28,30,32,33)/p+1/t25-/m0/s1. The zero-order valence-electron chi connectivity index (χ0n) is 24.3. The molecule has 10 heteroatoms. The van der Waals surface area contributed by atoms with Crippen LogP contribution in [0.4, 0.5) is 0 Å². The lowest BCUT2D eigenvalue weighted by molar-refractivity contribution is -0.870. The molecule has 9 nitrogen and oxygen atoms in total. The van der Waals surface area contributed by atoms with Gasteiger partial charge in [-0.05, 0) is 6.42 Å². The molecule has 0 aromatic heterocycles. The lowest BCUT2D eigenvalue weighted by Crippen LogP contribution is -2.44. The number of carbonyl (C=O) groups excluding carboxylic acids is 2. The molecule has 0 spiro atoms. The van der Waals surface area contributed by atoms with E-state index in [9.17, 15) is 19.0 Å². The fourth-order valence-electron chi connectivity index (χ4n) is 3.87. The van der Waals surface area contributed by atoms with E-state index in [0.717, 1.165) is 19.3 Å². The van der Waals surface area contributed by atoms with Gasteiger partial charge in [-0.25, -0.2) is 9.36 Å². The number of phosphoric ester groups is 1. The van der Waals surface area contributed by atoms with Crippen LogP contribution < -0.4 is 5.32 Å². The van der Waals surface area contributed by atoms with Gasteiger partial charge in [0.05, 0.1) is 34.9 Å². The van der Waals surface area contributed by atoms with Crippen molar-refractivity contribution in [3.63, 3.8) is 0 Å². The van der Waals surface area contributed by atoms with E-state index in [-0.39, 0.29) is 18.9 Å². The summed E-state index contributed by atoms with van der Waals surface area (Å²) in [6.45, 7) is 2.27. The van der Waals surface area contributed by atoms with E-state index in [4.69, 9.17) is 9.05 Å². The van der Waals surface area contributed by atoms with Crippen LogP contribution in [0, 0.1) is 0 Å². The van der Waals surface area contributed by atoms with Crippen molar-refractivity contribution in [3.8, 4) is 0 Å². The van der Waals surface area contributed by atoms with Crippen molar-refractivity contribution in [1.29, 1.82) is 0 Å². The van der Waals surface area contributed by atoms with Crippen LogP contribution in [0.2, 0.25) is 0 Å². The van der Waals surface area contributed by atoms with Crippen LogP contribution in [0.25, 0.3) is 0 Å². The van der Waals surface area contributed by atoms with Gasteiger partial charge in [0.15, 0.2) is 6.04 Å². The minimum absolute atomic E-state index is 0.0196. The van der Waals surface area contributed by atoms with Crippen molar-refractivity contribution in [2.45, 2.75) is 116 Å². The molecule has 2 N–H and O–H groups in total. The summed E-state index contributed by atoms with van der Waals surface area (Å²) >= 11 is 0. The molecular formula is C27H56N2O7P+. The maximum absolute atomic E-state index is 12.3. The zero-order chi connectivity index (χ0) is 28.0. The van der Waals surface area contributed by atoms with Crippen molar-refractivity contribution in [3.05, 3.63) is 0 Å². The largest absolute Gasteiger partial charge is 0.472 e. The van der Waals surface area contributed by atoms with Crippen molar-refractivity contribution in [1.82, 2.24) is 5.32 Å². The Morgan fingerprint density at radius 1 is 0.811 bits per heavy atom. The maximum atomic E-state index is 12.3. The number of quaternary nitrogens is 1. The Balaban J connectivity index is 3.94. The smallest absolute Gasteiger partial charge is 0.467 e. The molecule has 0 bridgehead atoms. The Bertz CT molecular complexity index is 641. The number of carbonyl (C=O) groups is 2. The molecule has 0 aromatic carbocycles. The summed E-state index contributed by atoms with van der Waals surface area (Å²) in [5, 5.41) is 2.54. The highest BCUT2D eigenvalue weighted by molar-refractivity contribution is 7.47. The average molecular weight is 552 g/mol. The highest BCUT2D eigenvalue weighted by Crippen LogP contribution is 2.43. The molecule has 0 fully saturated rings. The number of unbranched alkanes of at least 4 members (excludes halogenated alkanes) is 14. The number of amides is 1. The van der Waals surface area contributed by atoms with Crippen molar-refractivity contribution in [2.75, 3.05) is 48.0 Å².